The summed E-state index contributed by atoms with van der Waals surface area (Å²) in [6.45, 7) is 2.30. The summed E-state index contributed by atoms with van der Waals surface area (Å²) in [6, 6.07) is 18.3. The number of rotatable bonds is 3. The first-order valence-electron chi connectivity index (χ1n) is 10.0. The number of benzene rings is 2. The van der Waals surface area contributed by atoms with Crippen LogP contribution in [0.5, 0.6) is 0 Å². The van der Waals surface area contributed by atoms with Crippen LogP contribution in [-0.2, 0) is 7.05 Å². The Labute approximate surface area is 174 Å². The number of nitrogens with one attached hydrogen (secondary N) is 1. The zero-order chi connectivity index (χ0) is 20.5. The van der Waals surface area contributed by atoms with Gasteiger partial charge < -0.3 is 10.2 Å². The largest absolute Gasteiger partial charge is 0.339 e. The molecule has 1 aliphatic heterocycles. The fourth-order valence-electron chi connectivity index (χ4n) is 4.08. The van der Waals surface area contributed by atoms with Crippen LogP contribution in [0.3, 0.4) is 0 Å². The van der Waals surface area contributed by atoms with Gasteiger partial charge in [-0.05, 0) is 22.4 Å². The molecular formula is C23H22N6O. The van der Waals surface area contributed by atoms with Gasteiger partial charge in [0.2, 0.25) is 5.95 Å². The molecule has 5 rings (SSSR count). The monoisotopic (exact) mass is 398 g/mol. The van der Waals surface area contributed by atoms with Crippen molar-refractivity contribution in [3.63, 3.8) is 0 Å². The van der Waals surface area contributed by atoms with E-state index in [2.05, 4.69) is 62.6 Å². The lowest BCUT2D eigenvalue weighted by atomic mass is 9.97. The van der Waals surface area contributed by atoms with Crippen molar-refractivity contribution in [1.82, 2.24) is 24.8 Å². The molecule has 2 aromatic carbocycles. The molecule has 7 heteroatoms. The van der Waals surface area contributed by atoms with Crippen molar-refractivity contribution in [3.05, 3.63) is 83.0 Å². The summed E-state index contributed by atoms with van der Waals surface area (Å²) < 4.78 is 1.61. The third kappa shape index (κ3) is 3.33. The van der Waals surface area contributed by atoms with E-state index in [9.17, 15) is 4.79 Å². The Balaban J connectivity index is 1.52. The van der Waals surface area contributed by atoms with Crippen molar-refractivity contribution in [2.45, 2.75) is 6.04 Å². The molecule has 0 spiro atoms. The maximum atomic E-state index is 12.6. The number of hydrogen-bond donors (Lipinski definition) is 1. The molecule has 30 heavy (non-hydrogen) atoms. The standard InChI is InChI=1S/C23H22N6O/c1-28-22(30)13-20(19-9-10-24-15-26-19)27-23(28)29-12-11-25-21(14-29)18-8-4-6-16-5-2-3-7-17(16)18/h2-10,13,15,21,25H,11-12,14H2,1H3. The lowest BCUT2D eigenvalue weighted by molar-refractivity contribution is 0.464. The number of nitrogens with zero attached hydrogens (tertiary/aromatic N) is 5. The number of aromatic nitrogens is 4. The van der Waals surface area contributed by atoms with Crippen LogP contribution < -0.4 is 15.8 Å². The highest BCUT2D eigenvalue weighted by molar-refractivity contribution is 5.86. The average molecular weight is 398 g/mol. The van der Waals surface area contributed by atoms with Crippen molar-refractivity contribution >= 4 is 16.7 Å². The van der Waals surface area contributed by atoms with E-state index in [0.717, 1.165) is 19.6 Å². The second kappa shape index (κ2) is 7.68. The summed E-state index contributed by atoms with van der Waals surface area (Å²) in [5.41, 5.74) is 2.36. The Hall–Kier alpha value is -3.58. The van der Waals surface area contributed by atoms with Crippen molar-refractivity contribution in [2.75, 3.05) is 24.5 Å². The SMILES string of the molecule is Cn1c(N2CCNC(c3cccc4ccccc34)C2)nc(-c2ccncn2)cc1=O. The molecule has 2 aromatic heterocycles. The van der Waals surface area contributed by atoms with Gasteiger partial charge in [0.05, 0.1) is 17.4 Å². The van der Waals surface area contributed by atoms with Gasteiger partial charge >= 0.3 is 0 Å². The molecule has 4 aromatic rings. The molecule has 1 saturated heterocycles. The van der Waals surface area contributed by atoms with E-state index in [1.54, 1.807) is 23.9 Å². The van der Waals surface area contributed by atoms with Crippen LogP contribution in [0, 0.1) is 0 Å². The topological polar surface area (TPSA) is 75.9 Å². The zero-order valence-corrected chi connectivity index (χ0v) is 16.7. The quantitative estimate of drug-likeness (QED) is 0.572. The first-order chi connectivity index (χ1) is 14.7. The Morgan fingerprint density at radius 2 is 1.93 bits per heavy atom. The summed E-state index contributed by atoms with van der Waals surface area (Å²) in [6.07, 6.45) is 3.12. The molecule has 0 aliphatic carbocycles. The van der Waals surface area contributed by atoms with Gasteiger partial charge in [-0.15, -0.1) is 0 Å². The highest BCUT2D eigenvalue weighted by Gasteiger charge is 2.25. The highest BCUT2D eigenvalue weighted by Crippen LogP contribution is 2.27. The van der Waals surface area contributed by atoms with E-state index in [1.807, 2.05) is 0 Å². The van der Waals surface area contributed by atoms with E-state index in [1.165, 1.54) is 28.7 Å². The van der Waals surface area contributed by atoms with E-state index >= 15 is 0 Å². The van der Waals surface area contributed by atoms with Crippen molar-refractivity contribution in [3.8, 4) is 11.4 Å². The normalized spacial score (nSPS) is 16.7. The molecular weight excluding hydrogens is 376 g/mol. The van der Waals surface area contributed by atoms with Crippen LogP contribution in [0.4, 0.5) is 5.95 Å². The molecule has 1 unspecified atom stereocenters. The number of piperazine rings is 1. The molecule has 0 saturated carbocycles. The van der Waals surface area contributed by atoms with Crippen LogP contribution >= 0.6 is 0 Å². The summed E-state index contributed by atoms with van der Waals surface area (Å²) in [5.74, 6) is 0.655. The Bertz CT molecular complexity index is 1250. The van der Waals surface area contributed by atoms with Crippen LogP contribution in [0.15, 0.2) is 71.9 Å². The molecule has 1 fully saturated rings. The smallest absolute Gasteiger partial charge is 0.255 e. The lowest BCUT2D eigenvalue weighted by Crippen LogP contribution is -2.47. The van der Waals surface area contributed by atoms with Gasteiger partial charge in [0.25, 0.3) is 5.56 Å². The molecule has 7 nitrogen and oxygen atoms in total. The van der Waals surface area contributed by atoms with Gasteiger partial charge in [0.15, 0.2) is 0 Å². The van der Waals surface area contributed by atoms with E-state index in [4.69, 9.17) is 4.98 Å². The van der Waals surface area contributed by atoms with Gasteiger partial charge in [0.1, 0.15) is 6.33 Å². The molecule has 0 radical (unpaired) electrons. The van der Waals surface area contributed by atoms with Crippen molar-refractivity contribution in [2.24, 2.45) is 7.05 Å². The minimum Gasteiger partial charge on any atom is -0.339 e. The second-order valence-corrected chi connectivity index (χ2v) is 7.45. The van der Waals surface area contributed by atoms with Crippen LogP contribution in [-0.4, -0.2) is 39.2 Å². The molecule has 150 valence electrons. The van der Waals surface area contributed by atoms with E-state index in [0.29, 0.717) is 17.3 Å². The summed E-state index contributed by atoms with van der Waals surface area (Å²) in [5, 5.41) is 6.10. The van der Waals surface area contributed by atoms with Gasteiger partial charge in [-0.2, -0.15) is 0 Å². The Morgan fingerprint density at radius 3 is 2.80 bits per heavy atom. The predicted octanol–water partition coefficient (Wildman–Crippen LogP) is 2.54. The Morgan fingerprint density at radius 1 is 1.07 bits per heavy atom. The van der Waals surface area contributed by atoms with Gasteiger partial charge in [-0.3, -0.25) is 9.36 Å². The first-order valence-corrected chi connectivity index (χ1v) is 10.0. The fraction of sp³-hybridized carbons (Fsp3) is 0.217. The minimum absolute atomic E-state index is 0.103. The zero-order valence-electron chi connectivity index (χ0n) is 16.7. The molecule has 3 heterocycles. The number of anilines is 1. The maximum absolute atomic E-state index is 12.6. The summed E-state index contributed by atoms with van der Waals surface area (Å²) in [7, 11) is 1.77. The second-order valence-electron chi connectivity index (χ2n) is 7.45. The van der Waals surface area contributed by atoms with Crippen LogP contribution in [0.2, 0.25) is 0 Å². The first kappa shape index (κ1) is 18.4. The van der Waals surface area contributed by atoms with Gasteiger partial charge in [-0.1, -0.05) is 42.5 Å². The predicted molar refractivity (Wildman–Crippen MR) is 117 cm³/mol. The molecule has 0 bridgehead atoms. The fourth-order valence-corrected chi connectivity index (χ4v) is 4.08. The van der Waals surface area contributed by atoms with E-state index < -0.39 is 0 Å². The van der Waals surface area contributed by atoms with Crippen molar-refractivity contribution in [1.29, 1.82) is 0 Å². The van der Waals surface area contributed by atoms with Crippen LogP contribution in [0.25, 0.3) is 22.2 Å². The average Bonchev–Trinajstić information content (AvgIpc) is 2.81. The Kier molecular flexibility index (Phi) is 4.72. The van der Waals surface area contributed by atoms with E-state index in [-0.39, 0.29) is 11.6 Å². The molecule has 0 amide bonds. The van der Waals surface area contributed by atoms with Gasteiger partial charge in [-0.25, -0.2) is 15.0 Å². The molecule has 1 N–H and O–H groups in total. The molecule has 1 aliphatic rings. The van der Waals surface area contributed by atoms with Gasteiger partial charge in [0, 0.05) is 38.9 Å². The third-order valence-corrected chi connectivity index (χ3v) is 5.61. The molecule has 1 atom stereocenters. The summed E-state index contributed by atoms with van der Waals surface area (Å²) >= 11 is 0. The number of hydrogen-bond acceptors (Lipinski definition) is 6. The highest BCUT2D eigenvalue weighted by atomic mass is 16.1. The lowest BCUT2D eigenvalue weighted by Gasteiger charge is -2.35. The number of fused-ring (bicyclic) bond motifs is 1. The minimum atomic E-state index is -0.103. The van der Waals surface area contributed by atoms with Crippen LogP contribution in [0.1, 0.15) is 11.6 Å². The summed E-state index contributed by atoms with van der Waals surface area (Å²) in [4.78, 5) is 27.8. The third-order valence-electron chi connectivity index (χ3n) is 5.61. The maximum Gasteiger partial charge on any atom is 0.255 e. The van der Waals surface area contributed by atoms with Crippen molar-refractivity contribution < 1.29 is 0 Å².